The van der Waals surface area contributed by atoms with Crippen molar-refractivity contribution in [3.05, 3.63) is 23.8 Å². The van der Waals surface area contributed by atoms with Crippen molar-refractivity contribution in [2.75, 3.05) is 26.9 Å². The average Bonchev–Trinajstić information content (AvgIpc) is 3.36. The molecule has 0 aromatic carbocycles. The SMILES string of the molecule is COC1C(OC2C=C3C(O)CC4(O)C(CCC5(C)C(C(C)C=CC(CCOC6OCC(O)C(O)C6O)C(C)C)C(O)C(OS(=O)(=O)O)C54)C3(C)CC2)OCC(O)C1O. The highest BCUT2D eigenvalue weighted by atomic mass is 32.3. The molecular formula is C40H66O17S. The second kappa shape index (κ2) is 17.5. The number of aliphatic hydroxyl groups excluding tert-OH is 7. The van der Waals surface area contributed by atoms with Gasteiger partial charge >= 0.3 is 10.4 Å². The third-order valence-corrected chi connectivity index (χ3v) is 15.2. The summed E-state index contributed by atoms with van der Waals surface area (Å²) in [5.74, 6) is -2.39. The highest BCUT2D eigenvalue weighted by Gasteiger charge is 2.73. The van der Waals surface area contributed by atoms with Crippen molar-refractivity contribution in [1.29, 1.82) is 0 Å². The molecule has 0 aromatic rings. The molecule has 20 atom stereocenters. The first-order valence-electron chi connectivity index (χ1n) is 20.7. The number of rotatable bonds is 13. The fourth-order valence-electron chi connectivity index (χ4n) is 11.9. The Hall–Kier alpha value is -1.17. The molecule has 0 aromatic heterocycles. The van der Waals surface area contributed by atoms with E-state index in [1.165, 1.54) is 7.11 Å². The molecule has 4 aliphatic carbocycles. The van der Waals surface area contributed by atoms with Gasteiger partial charge in [0.1, 0.15) is 42.7 Å². The Morgan fingerprint density at radius 1 is 0.879 bits per heavy atom. The zero-order valence-electron chi connectivity index (χ0n) is 34.2. The van der Waals surface area contributed by atoms with Crippen molar-refractivity contribution < 1.29 is 81.7 Å². The van der Waals surface area contributed by atoms with Gasteiger partial charge in [-0.25, -0.2) is 4.18 Å². The lowest BCUT2D eigenvalue weighted by atomic mass is 9.43. The summed E-state index contributed by atoms with van der Waals surface area (Å²) < 4.78 is 68.5. The van der Waals surface area contributed by atoms with Crippen LogP contribution in [0.4, 0.5) is 0 Å². The van der Waals surface area contributed by atoms with Crippen molar-refractivity contribution in [2.24, 2.45) is 46.3 Å². The lowest BCUT2D eigenvalue weighted by Gasteiger charge is -2.64. The molecule has 2 heterocycles. The van der Waals surface area contributed by atoms with Gasteiger partial charge in [0.05, 0.1) is 43.7 Å². The lowest BCUT2D eigenvalue weighted by molar-refractivity contribution is -0.285. The van der Waals surface area contributed by atoms with Crippen LogP contribution >= 0.6 is 0 Å². The van der Waals surface area contributed by atoms with Gasteiger partial charge in [-0.2, -0.15) is 8.42 Å². The van der Waals surface area contributed by atoms with Crippen molar-refractivity contribution in [3.63, 3.8) is 0 Å². The van der Waals surface area contributed by atoms with Gasteiger partial charge in [0, 0.05) is 19.4 Å². The maximum Gasteiger partial charge on any atom is 0.397 e. The number of methoxy groups -OCH3 is 1. The molecule has 2 saturated heterocycles. The minimum absolute atomic E-state index is 0.0369. The first-order valence-corrected chi connectivity index (χ1v) is 22.0. The van der Waals surface area contributed by atoms with Gasteiger partial charge in [-0.15, -0.1) is 0 Å². The molecule has 0 bridgehead atoms. The third-order valence-electron chi connectivity index (χ3n) is 14.8. The molecule has 0 spiro atoms. The molecule has 0 radical (unpaired) electrons. The number of ether oxygens (including phenoxy) is 5. The van der Waals surface area contributed by atoms with E-state index in [0.717, 1.165) is 0 Å². The van der Waals surface area contributed by atoms with Crippen LogP contribution in [-0.4, -0.2) is 160 Å². The zero-order chi connectivity index (χ0) is 42.7. The number of aliphatic hydroxyl groups is 8. The molecule has 20 unspecified atom stereocenters. The van der Waals surface area contributed by atoms with Gasteiger partial charge in [-0.05, 0) is 78.1 Å². The van der Waals surface area contributed by atoms with Crippen LogP contribution in [0.2, 0.25) is 0 Å². The molecule has 18 heteroatoms. The quantitative estimate of drug-likeness (QED) is 0.0885. The Balaban J connectivity index is 1.22. The molecule has 3 saturated carbocycles. The van der Waals surface area contributed by atoms with E-state index < -0.39 is 118 Å². The van der Waals surface area contributed by atoms with Crippen LogP contribution in [0.15, 0.2) is 23.8 Å². The largest absolute Gasteiger partial charge is 0.397 e. The van der Waals surface area contributed by atoms with Gasteiger partial charge in [-0.1, -0.05) is 52.8 Å². The lowest BCUT2D eigenvalue weighted by Crippen LogP contribution is -2.66. The first kappa shape index (κ1) is 46.3. The summed E-state index contributed by atoms with van der Waals surface area (Å²) >= 11 is 0. The van der Waals surface area contributed by atoms with Crippen molar-refractivity contribution in [1.82, 2.24) is 0 Å². The number of hydrogen-bond donors (Lipinski definition) is 9. The van der Waals surface area contributed by atoms with E-state index in [0.29, 0.717) is 37.7 Å². The Kier molecular flexibility index (Phi) is 14.0. The van der Waals surface area contributed by atoms with Crippen LogP contribution in [0.25, 0.3) is 0 Å². The number of fused-ring (bicyclic) bond motifs is 5. The van der Waals surface area contributed by atoms with Gasteiger partial charge < -0.3 is 64.5 Å². The minimum Gasteiger partial charge on any atom is -0.390 e. The van der Waals surface area contributed by atoms with Gasteiger partial charge in [0.25, 0.3) is 0 Å². The van der Waals surface area contributed by atoms with Crippen LogP contribution in [0.1, 0.15) is 73.1 Å². The minimum atomic E-state index is -5.09. The molecule has 58 heavy (non-hydrogen) atoms. The molecule has 17 nitrogen and oxygen atoms in total. The van der Waals surface area contributed by atoms with Gasteiger partial charge in [0.2, 0.25) is 0 Å². The van der Waals surface area contributed by atoms with Gasteiger partial charge in [0.15, 0.2) is 12.6 Å². The Labute approximate surface area is 340 Å². The maximum absolute atomic E-state index is 13.0. The Bertz CT molecular complexity index is 1590. The van der Waals surface area contributed by atoms with E-state index in [4.69, 9.17) is 27.9 Å². The molecule has 5 fully saturated rings. The molecular weight excluding hydrogens is 784 g/mol. The average molecular weight is 851 g/mol. The van der Waals surface area contributed by atoms with E-state index in [9.17, 15) is 53.8 Å². The molecule has 2 aliphatic heterocycles. The fraction of sp³-hybridized carbons (Fsp3) is 0.900. The highest BCUT2D eigenvalue weighted by molar-refractivity contribution is 7.80. The highest BCUT2D eigenvalue weighted by Crippen LogP contribution is 2.69. The third kappa shape index (κ3) is 8.61. The summed E-state index contributed by atoms with van der Waals surface area (Å²) in [4.78, 5) is 0. The molecule has 6 aliphatic rings. The van der Waals surface area contributed by atoms with Crippen LogP contribution in [0, 0.1) is 46.3 Å². The monoisotopic (exact) mass is 850 g/mol. The summed E-state index contributed by atoms with van der Waals surface area (Å²) in [6, 6.07) is 0. The summed E-state index contributed by atoms with van der Waals surface area (Å²) in [5, 5.41) is 87.5. The summed E-state index contributed by atoms with van der Waals surface area (Å²) in [5.41, 5.74) is -2.73. The summed E-state index contributed by atoms with van der Waals surface area (Å²) in [7, 11) is -3.71. The number of hydrogen-bond acceptors (Lipinski definition) is 16. The smallest absolute Gasteiger partial charge is 0.390 e. The van der Waals surface area contributed by atoms with E-state index in [1.54, 1.807) is 0 Å². The van der Waals surface area contributed by atoms with E-state index in [1.807, 2.05) is 52.8 Å². The van der Waals surface area contributed by atoms with Crippen molar-refractivity contribution in [2.45, 2.75) is 152 Å². The second-order valence-corrected chi connectivity index (χ2v) is 19.6. The van der Waals surface area contributed by atoms with E-state index in [2.05, 4.69) is 0 Å². The predicted molar refractivity (Wildman–Crippen MR) is 204 cm³/mol. The summed E-state index contributed by atoms with van der Waals surface area (Å²) in [6.45, 7) is 9.73. The van der Waals surface area contributed by atoms with Crippen LogP contribution in [0.5, 0.6) is 0 Å². The topological polar surface area (TPSA) is 272 Å². The normalized spacial score (nSPS) is 48.3. The van der Waals surface area contributed by atoms with Crippen molar-refractivity contribution >= 4 is 10.4 Å². The Morgan fingerprint density at radius 2 is 1.53 bits per heavy atom. The van der Waals surface area contributed by atoms with Crippen LogP contribution < -0.4 is 0 Å². The zero-order valence-corrected chi connectivity index (χ0v) is 35.0. The van der Waals surface area contributed by atoms with E-state index in [-0.39, 0.29) is 44.0 Å². The molecule has 334 valence electrons. The number of allylic oxidation sites excluding steroid dienone is 2. The Morgan fingerprint density at radius 3 is 2.17 bits per heavy atom. The van der Waals surface area contributed by atoms with Crippen molar-refractivity contribution in [3.8, 4) is 0 Å². The maximum atomic E-state index is 13.0. The molecule has 0 amide bonds. The standard InChI is InChI=1S/C40H66O17S/c1-19(2)21(11-14-53-36-32(47)29(44)25(42)17-54-36)8-7-20(3)28-31(46)33(57-58(49,50)51)35-39(28,5)13-10-27-38(4)12-9-22(15-23(38)24(41)16-40(27,35)48)56-37-34(52-6)30(45)26(43)18-55-37/h7-8,15,19-22,24-37,41-48H,9-14,16-18H2,1-6H3,(H,49,50,51). The van der Waals surface area contributed by atoms with Crippen LogP contribution in [0.3, 0.4) is 0 Å². The fourth-order valence-corrected chi connectivity index (χ4v) is 12.4. The van der Waals surface area contributed by atoms with Gasteiger partial charge in [-0.3, -0.25) is 4.55 Å². The van der Waals surface area contributed by atoms with Crippen LogP contribution in [-0.2, 0) is 38.3 Å². The predicted octanol–water partition coefficient (Wildman–Crippen LogP) is 0.208. The second-order valence-electron chi connectivity index (χ2n) is 18.6. The summed E-state index contributed by atoms with van der Waals surface area (Å²) in [6.07, 6.45) is -6.03. The molecule has 9 N–H and O–H groups in total. The van der Waals surface area contributed by atoms with E-state index >= 15 is 0 Å². The molecule has 6 rings (SSSR count). The first-order chi connectivity index (χ1) is 27.1.